The average Bonchev–Trinajstić information content (AvgIpc) is 2.52. The molecule has 0 amide bonds. The van der Waals surface area contributed by atoms with Crippen LogP contribution in [-0.2, 0) is 16.1 Å². The SMILES string of the molecule is Cc1ccc(OCC(=O)OCc2ccccc2C#N)c(C)c1. The number of esters is 1. The summed E-state index contributed by atoms with van der Waals surface area (Å²) in [6.45, 7) is 3.84. The first-order valence-corrected chi connectivity index (χ1v) is 6.94. The number of carbonyl (C=O) groups is 1. The summed E-state index contributed by atoms with van der Waals surface area (Å²) in [6.07, 6.45) is 0. The fraction of sp³-hybridized carbons (Fsp3) is 0.222. The van der Waals surface area contributed by atoms with Crippen molar-refractivity contribution in [2.75, 3.05) is 6.61 Å². The van der Waals surface area contributed by atoms with Gasteiger partial charge in [0, 0.05) is 5.56 Å². The van der Waals surface area contributed by atoms with Crippen molar-refractivity contribution in [3.8, 4) is 11.8 Å². The van der Waals surface area contributed by atoms with Gasteiger partial charge < -0.3 is 9.47 Å². The van der Waals surface area contributed by atoms with Gasteiger partial charge in [-0.15, -0.1) is 0 Å². The number of rotatable bonds is 5. The molecule has 2 rings (SSSR count). The number of nitrogens with zero attached hydrogens (tertiary/aromatic N) is 1. The molecular formula is C18H17NO3. The normalized spacial score (nSPS) is 9.86. The number of benzene rings is 2. The van der Waals surface area contributed by atoms with Crippen molar-refractivity contribution in [1.29, 1.82) is 5.26 Å². The number of ether oxygens (including phenoxy) is 2. The van der Waals surface area contributed by atoms with Crippen LogP contribution in [0.3, 0.4) is 0 Å². The summed E-state index contributed by atoms with van der Waals surface area (Å²) in [5.74, 6) is 0.202. The van der Waals surface area contributed by atoms with Gasteiger partial charge in [-0.1, -0.05) is 35.9 Å². The molecule has 4 heteroatoms. The van der Waals surface area contributed by atoms with Crippen LogP contribution in [0.15, 0.2) is 42.5 Å². The van der Waals surface area contributed by atoms with E-state index in [2.05, 4.69) is 6.07 Å². The highest BCUT2D eigenvalue weighted by Gasteiger charge is 2.08. The second-order valence-corrected chi connectivity index (χ2v) is 4.99. The van der Waals surface area contributed by atoms with Gasteiger partial charge in [0.25, 0.3) is 0 Å². The molecule has 0 aromatic heterocycles. The molecule has 0 heterocycles. The maximum atomic E-state index is 11.7. The smallest absolute Gasteiger partial charge is 0.344 e. The molecule has 4 nitrogen and oxygen atoms in total. The van der Waals surface area contributed by atoms with E-state index in [1.165, 1.54) is 0 Å². The maximum absolute atomic E-state index is 11.7. The van der Waals surface area contributed by atoms with Gasteiger partial charge in [0.1, 0.15) is 12.4 Å². The average molecular weight is 295 g/mol. The van der Waals surface area contributed by atoms with E-state index in [1.807, 2.05) is 32.0 Å². The minimum atomic E-state index is -0.465. The molecule has 112 valence electrons. The van der Waals surface area contributed by atoms with Crippen molar-refractivity contribution in [3.05, 3.63) is 64.7 Å². The molecule has 0 saturated carbocycles. The van der Waals surface area contributed by atoms with Gasteiger partial charge in [-0.05, 0) is 31.5 Å². The molecule has 0 saturated heterocycles. The van der Waals surface area contributed by atoms with Gasteiger partial charge in [-0.2, -0.15) is 5.26 Å². The monoisotopic (exact) mass is 295 g/mol. The molecule has 2 aromatic carbocycles. The Balaban J connectivity index is 1.87. The van der Waals surface area contributed by atoms with Crippen molar-refractivity contribution in [3.63, 3.8) is 0 Å². The van der Waals surface area contributed by atoms with E-state index < -0.39 is 5.97 Å². The molecule has 0 atom stereocenters. The molecule has 0 fully saturated rings. The molecule has 0 radical (unpaired) electrons. The Morgan fingerprint density at radius 1 is 1.18 bits per heavy atom. The van der Waals surface area contributed by atoms with Gasteiger partial charge >= 0.3 is 5.97 Å². The molecule has 0 spiro atoms. The minimum absolute atomic E-state index is 0.0683. The fourth-order valence-electron chi connectivity index (χ4n) is 2.05. The Bertz CT molecular complexity index is 717. The third-order valence-electron chi connectivity index (χ3n) is 3.20. The van der Waals surface area contributed by atoms with Crippen molar-refractivity contribution >= 4 is 5.97 Å². The van der Waals surface area contributed by atoms with E-state index in [4.69, 9.17) is 14.7 Å². The van der Waals surface area contributed by atoms with Gasteiger partial charge in [-0.3, -0.25) is 0 Å². The van der Waals surface area contributed by atoms with Crippen molar-refractivity contribution in [2.24, 2.45) is 0 Å². The highest BCUT2D eigenvalue weighted by Crippen LogP contribution is 2.18. The lowest BCUT2D eigenvalue weighted by atomic mass is 10.1. The summed E-state index contributed by atoms with van der Waals surface area (Å²) >= 11 is 0. The van der Waals surface area contributed by atoms with E-state index in [9.17, 15) is 4.79 Å². The second-order valence-electron chi connectivity index (χ2n) is 4.99. The van der Waals surface area contributed by atoms with Crippen LogP contribution < -0.4 is 4.74 Å². The third kappa shape index (κ3) is 4.10. The number of hydrogen-bond acceptors (Lipinski definition) is 4. The summed E-state index contributed by atoms with van der Waals surface area (Å²) in [6, 6.07) is 14.8. The van der Waals surface area contributed by atoms with Gasteiger partial charge in [-0.25, -0.2) is 4.79 Å². The zero-order valence-corrected chi connectivity index (χ0v) is 12.6. The minimum Gasteiger partial charge on any atom is -0.482 e. The van der Waals surface area contributed by atoms with Crippen molar-refractivity contribution in [2.45, 2.75) is 20.5 Å². The van der Waals surface area contributed by atoms with Crippen molar-refractivity contribution in [1.82, 2.24) is 0 Å². The third-order valence-corrected chi connectivity index (χ3v) is 3.20. The van der Waals surface area contributed by atoms with Crippen LogP contribution in [0.25, 0.3) is 0 Å². The molecule has 0 N–H and O–H groups in total. The molecule has 0 unspecified atom stereocenters. The lowest BCUT2D eigenvalue weighted by molar-refractivity contribution is -0.147. The van der Waals surface area contributed by atoms with Gasteiger partial charge in [0.2, 0.25) is 0 Å². The Labute approximate surface area is 129 Å². The summed E-state index contributed by atoms with van der Waals surface area (Å²) in [4.78, 5) is 11.7. The maximum Gasteiger partial charge on any atom is 0.344 e. The molecule has 0 aliphatic rings. The summed E-state index contributed by atoms with van der Waals surface area (Å²) in [5.41, 5.74) is 3.30. The van der Waals surface area contributed by atoms with E-state index in [0.29, 0.717) is 16.9 Å². The Kier molecular flexibility index (Phi) is 5.16. The van der Waals surface area contributed by atoms with Gasteiger partial charge in [0.05, 0.1) is 11.6 Å². The molecule has 0 bridgehead atoms. The summed E-state index contributed by atoms with van der Waals surface area (Å²) < 4.78 is 10.6. The molecular weight excluding hydrogens is 278 g/mol. The Morgan fingerprint density at radius 2 is 1.95 bits per heavy atom. The lowest BCUT2D eigenvalue weighted by Crippen LogP contribution is -2.15. The number of hydrogen-bond donors (Lipinski definition) is 0. The van der Waals surface area contributed by atoms with E-state index in [1.54, 1.807) is 24.3 Å². The van der Waals surface area contributed by atoms with E-state index >= 15 is 0 Å². The van der Waals surface area contributed by atoms with Crippen LogP contribution in [0.2, 0.25) is 0 Å². The first kappa shape index (κ1) is 15.6. The van der Waals surface area contributed by atoms with Crippen LogP contribution in [0, 0.1) is 25.2 Å². The summed E-state index contributed by atoms with van der Waals surface area (Å²) in [5, 5.41) is 8.97. The second kappa shape index (κ2) is 7.28. The molecule has 22 heavy (non-hydrogen) atoms. The van der Waals surface area contributed by atoms with Crippen LogP contribution in [0.4, 0.5) is 0 Å². The number of carbonyl (C=O) groups excluding carboxylic acids is 1. The lowest BCUT2D eigenvalue weighted by Gasteiger charge is -2.10. The highest BCUT2D eigenvalue weighted by molar-refractivity contribution is 5.71. The quantitative estimate of drug-likeness (QED) is 0.794. The first-order valence-electron chi connectivity index (χ1n) is 6.94. The highest BCUT2D eigenvalue weighted by atomic mass is 16.6. The topological polar surface area (TPSA) is 59.3 Å². The van der Waals surface area contributed by atoms with Gasteiger partial charge in [0.15, 0.2) is 6.61 Å². The van der Waals surface area contributed by atoms with Crippen LogP contribution in [0.5, 0.6) is 5.75 Å². The first-order chi connectivity index (χ1) is 10.6. The Hall–Kier alpha value is -2.80. The fourth-order valence-corrected chi connectivity index (χ4v) is 2.05. The van der Waals surface area contributed by atoms with Crippen LogP contribution >= 0.6 is 0 Å². The van der Waals surface area contributed by atoms with Crippen LogP contribution in [-0.4, -0.2) is 12.6 Å². The Morgan fingerprint density at radius 3 is 2.68 bits per heavy atom. The molecule has 2 aromatic rings. The predicted octanol–water partition coefficient (Wildman–Crippen LogP) is 3.30. The zero-order chi connectivity index (χ0) is 15.9. The summed E-state index contributed by atoms with van der Waals surface area (Å²) in [7, 11) is 0. The predicted molar refractivity (Wildman–Crippen MR) is 82.4 cm³/mol. The van der Waals surface area contributed by atoms with E-state index in [0.717, 1.165) is 11.1 Å². The zero-order valence-electron chi connectivity index (χ0n) is 12.6. The molecule has 0 aliphatic carbocycles. The standard InChI is InChI=1S/C18H17NO3/c1-13-7-8-17(14(2)9-13)21-12-18(20)22-11-16-6-4-3-5-15(16)10-19/h3-9H,11-12H2,1-2H3. The number of aryl methyl sites for hydroxylation is 2. The van der Waals surface area contributed by atoms with E-state index in [-0.39, 0.29) is 13.2 Å². The van der Waals surface area contributed by atoms with Crippen LogP contribution in [0.1, 0.15) is 22.3 Å². The molecule has 0 aliphatic heterocycles. The van der Waals surface area contributed by atoms with Crippen molar-refractivity contribution < 1.29 is 14.3 Å². The number of nitriles is 1. The largest absolute Gasteiger partial charge is 0.482 e.